The SMILES string of the molecule is CC(=O)CCC(=O)c1ccc(C)c(C)c1C. The molecule has 0 aliphatic heterocycles. The smallest absolute Gasteiger partial charge is 0.163 e. The molecule has 0 aliphatic carbocycles. The quantitative estimate of drug-likeness (QED) is 0.727. The van der Waals surface area contributed by atoms with Crippen molar-refractivity contribution in [2.24, 2.45) is 0 Å². The maximum absolute atomic E-state index is 11.9. The van der Waals surface area contributed by atoms with E-state index in [0.29, 0.717) is 12.8 Å². The summed E-state index contributed by atoms with van der Waals surface area (Å²) in [5.74, 6) is 0.130. The van der Waals surface area contributed by atoms with Crippen LogP contribution in [-0.2, 0) is 4.79 Å². The van der Waals surface area contributed by atoms with Crippen molar-refractivity contribution < 1.29 is 9.59 Å². The fourth-order valence-electron chi connectivity index (χ4n) is 1.68. The van der Waals surface area contributed by atoms with E-state index in [0.717, 1.165) is 16.7 Å². The van der Waals surface area contributed by atoms with E-state index in [-0.39, 0.29) is 11.6 Å². The average molecular weight is 218 g/mol. The van der Waals surface area contributed by atoms with E-state index in [1.807, 2.05) is 32.9 Å². The highest BCUT2D eigenvalue weighted by Gasteiger charge is 2.12. The lowest BCUT2D eigenvalue weighted by atomic mass is 9.94. The molecular weight excluding hydrogens is 200 g/mol. The van der Waals surface area contributed by atoms with Crippen LogP contribution in [0.4, 0.5) is 0 Å². The third-order valence-corrected chi connectivity index (χ3v) is 3.06. The van der Waals surface area contributed by atoms with Gasteiger partial charge in [0.2, 0.25) is 0 Å². The lowest BCUT2D eigenvalue weighted by molar-refractivity contribution is -0.116. The molecule has 1 aromatic carbocycles. The van der Waals surface area contributed by atoms with E-state index in [1.54, 1.807) is 0 Å². The fourth-order valence-corrected chi connectivity index (χ4v) is 1.68. The molecule has 0 bridgehead atoms. The first-order chi connectivity index (χ1) is 7.43. The maximum atomic E-state index is 11.9. The molecule has 0 heterocycles. The molecule has 16 heavy (non-hydrogen) atoms. The first-order valence-corrected chi connectivity index (χ1v) is 5.53. The van der Waals surface area contributed by atoms with Crippen LogP contribution < -0.4 is 0 Å². The van der Waals surface area contributed by atoms with Crippen LogP contribution in [-0.4, -0.2) is 11.6 Å². The van der Waals surface area contributed by atoms with Crippen molar-refractivity contribution in [2.45, 2.75) is 40.5 Å². The maximum Gasteiger partial charge on any atom is 0.163 e. The molecule has 0 aromatic heterocycles. The number of aryl methyl sites for hydroxylation is 1. The molecule has 0 radical (unpaired) electrons. The predicted octanol–water partition coefficient (Wildman–Crippen LogP) is 3.16. The zero-order chi connectivity index (χ0) is 12.3. The molecule has 0 fully saturated rings. The average Bonchev–Trinajstić information content (AvgIpc) is 2.23. The van der Waals surface area contributed by atoms with Crippen LogP contribution in [0.15, 0.2) is 12.1 Å². The Labute approximate surface area is 96.7 Å². The number of rotatable bonds is 4. The summed E-state index contributed by atoms with van der Waals surface area (Å²) in [6, 6.07) is 3.82. The van der Waals surface area contributed by atoms with E-state index < -0.39 is 0 Å². The lowest BCUT2D eigenvalue weighted by Gasteiger charge is -2.09. The minimum absolute atomic E-state index is 0.0647. The minimum Gasteiger partial charge on any atom is -0.300 e. The summed E-state index contributed by atoms with van der Waals surface area (Å²) in [5, 5.41) is 0. The van der Waals surface area contributed by atoms with E-state index in [1.165, 1.54) is 12.5 Å². The van der Waals surface area contributed by atoms with Crippen molar-refractivity contribution in [3.8, 4) is 0 Å². The zero-order valence-electron chi connectivity index (χ0n) is 10.4. The molecule has 0 spiro atoms. The van der Waals surface area contributed by atoms with Crippen LogP contribution in [0.25, 0.3) is 0 Å². The second kappa shape index (κ2) is 5.06. The van der Waals surface area contributed by atoms with Gasteiger partial charge in [-0.25, -0.2) is 0 Å². The third kappa shape index (κ3) is 2.78. The van der Waals surface area contributed by atoms with Crippen LogP contribution in [0.3, 0.4) is 0 Å². The Kier molecular flexibility index (Phi) is 3.99. The highest BCUT2D eigenvalue weighted by molar-refractivity contribution is 5.99. The molecule has 2 nitrogen and oxygen atoms in total. The number of benzene rings is 1. The van der Waals surface area contributed by atoms with Gasteiger partial charge in [0.15, 0.2) is 5.78 Å². The van der Waals surface area contributed by atoms with Gasteiger partial charge in [0.05, 0.1) is 0 Å². The van der Waals surface area contributed by atoms with Crippen LogP contribution >= 0.6 is 0 Å². The van der Waals surface area contributed by atoms with Gasteiger partial charge >= 0.3 is 0 Å². The van der Waals surface area contributed by atoms with Crippen molar-refractivity contribution in [1.82, 2.24) is 0 Å². The molecule has 0 saturated carbocycles. The Hall–Kier alpha value is -1.44. The van der Waals surface area contributed by atoms with Gasteiger partial charge in [-0.1, -0.05) is 12.1 Å². The predicted molar refractivity (Wildman–Crippen MR) is 64.9 cm³/mol. The number of Topliss-reactive ketones (excluding diaryl/α,β-unsaturated/α-hetero) is 2. The van der Waals surface area contributed by atoms with Gasteiger partial charge in [0.1, 0.15) is 5.78 Å². The number of carbonyl (C=O) groups is 2. The molecule has 0 aliphatic rings. The number of hydrogen-bond donors (Lipinski definition) is 0. The Morgan fingerprint density at radius 3 is 2.19 bits per heavy atom. The summed E-state index contributed by atoms with van der Waals surface area (Å²) in [7, 11) is 0. The molecular formula is C14H18O2. The third-order valence-electron chi connectivity index (χ3n) is 3.06. The molecule has 0 amide bonds. The van der Waals surface area contributed by atoms with E-state index in [4.69, 9.17) is 0 Å². The van der Waals surface area contributed by atoms with Gasteiger partial charge in [0, 0.05) is 18.4 Å². The molecule has 0 saturated heterocycles. The monoisotopic (exact) mass is 218 g/mol. The summed E-state index contributed by atoms with van der Waals surface area (Å²) in [5.41, 5.74) is 4.15. The standard InChI is InChI=1S/C14H18O2/c1-9-5-7-13(12(4)11(9)3)14(16)8-6-10(2)15/h5,7H,6,8H2,1-4H3. The van der Waals surface area contributed by atoms with Crippen molar-refractivity contribution >= 4 is 11.6 Å². The summed E-state index contributed by atoms with van der Waals surface area (Å²) in [4.78, 5) is 22.7. The lowest BCUT2D eigenvalue weighted by Crippen LogP contribution is -2.06. The van der Waals surface area contributed by atoms with E-state index in [2.05, 4.69) is 0 Å². The summed E-state index contributed by atoms with van der Waals surface area (Å²) >= 11 is 0. The molecule has 0 N–H and O–H groups in total. The van der Waals surface area contributed by atoms with E-state index >= 15 is 0 Å². The van der Waals surface area contributed by atoms with Crippen molar-refractivity contribution in [3.05, 3.63) is 34.4 Å². The van der Waals surface area contributed by atoms with E-state index in [9.17, 15) is 9.59 Å². The summed E-state index contributed by atoms with van der Waals surface area (Å²) in [6.45, 7) is 7.53. The molecule has 1 rings (SSSR count). The Balaban J connectivity index is 2.92. The minimum atomic E-state index is 0.0647. The van der Waals surface area contributed by atoms with Crippen molar-refractivity contribution in [1.29, 1.82) is 0 Å². The van der Waals surface area contributed by atoms with Crippen LogP contribution in [0.5, 0.6) is 0 Å². The number of hydrogen-bond acceptors (Lipinski definition) is 2. The fraction of sp³-hybridized carbons (Fsp3) is 0.429. The second-order valence-corrected chi connectivity index (χ2v) is 4.31. The molecule has 0 unspecified atom stereocenters. The summed E-state index contributed by atoms with van der Waals surface area (Å²) in [6.07, 6.45) is 0.657. The Morgan fingerprint density at radius 2 is 1.62 bits per heavy atom. The highest BCUT2D eigenvalue weighted by atomic mass is 16.1. The first-order valence-electron chi connectivity index (χ1n) is 5.53. The molecule has 1 aromatic rings. The van der Waals surface area contributed by atoms with Gasteiger partial charge in [-0.3, -0.25) is 4.79 Å². The van der Waals surface area contributed by atoms with Gasteiger partial charge in [0.25, 0.3) is 0 Å². The van der Waals surface area contributed by atoms with Crippen LogP contribution in [0.2, 0.25) is 0 Å². The normalized spacial score (nSPS) is 10.2. The topological polar surface area (TPSA) is 34.1 Å². The Morgan fingerprint density at radius 1 is 1.00 bits per heavy atom. The van der Waals surface area contributed by atoms with Crippen LogP contribution in [0.1, 0.15) is 46.8 Å². The van der Waals surface area contributed by atoms with Gasteiger partial charge in [-0.15, -0.1) is 0 Å². The van der Waals surface area contributed by atoms with Crippen molar-refractivity contribution in [3.63, 3.8) is 0 Å². The van der Waals surface area contributed by atoms with Crippen LogP contribution in [0, 0.1) is 20.8 Å². The molecule has 86 valence electrons. The Bertz CT molecular complexity index is 431. The van der Waals surface area contributed by atoms with Gasteiger partial charge in [-0.2, -0.15) is 0 Å². The summed E-state index contributed by atoms with van der Waals surface area (Å²) < 4.78 is 0. The van der Waals surface area contributed by atoms with Gasteiger partial charge < -0.3 is 4.79 Å². The zero-order valence-corrected chi connectivity index (χ0v) is 10.4. The molecule has 2 heteroatoms. The van der Waals surface area contributed by atoms with Gasteiger partial charge in [-0.05, 0) is 44.4 Å². The number of carbonyl (C=O) groups excluding carboxylic acids is 2. The van der Waals surface area contributed by atoms with Crippen molar-refractivity contribution in [2.75, 3.05) is 0 Å². The largest absolute Gasteiger partial charge is 0.300 e. The number of ketones is 2. The second-order valence-electron chi connectivity index (χ2n) is 4.31. The first kappa shape index (κ1) is 12.6. The molecule has 0 atom stereocenters. The highest BCUT2D eigenvalue weighted by Crippen LogP contribution is 2.18.